The van der Waals surface area contributed by atoms with Crippen molar-refractivity contribution in [3.8, 4) is 0 Å². The summed E-state index contributed by atoms with van der Waals surface area (Å²) in [4.78, 5) is 23.4. The second-order valence-corrected chi connectivity index (χ2v) is 16.3. The van der Waals surface area contributed by atoms with Crippen LogP contribution in [0.5, 0.6) is 0 Å². The summed E-state index contributed by atoms with van der Waals surface area (Å²) in [6.45, 7) is 21.5. The Hall–Kier alpha value is -3.92. The number of carbonyl (C=O) groups is 2. The molecule has 0 saturated carbocycles. The largest absolute Gasteiger partial charge is 0.463 e. The lowest BCUT2D eigenvalue weighted by atomic mass is 9.72. The van der Waals surface area contributed by atoms with Crippen molar-refractivity contribution < 1.29 is 39.1 Å². The third-order valence-corrected chi connectivity index (χ3v) is 9.95. The van der Waals surface area contributed by atoms with Gasteiger partial charge in [-0.1, -0.05) is 133 Å². The normalized spacial score (nSPS) is 25.3. The van der Waals surface area contributed by atoms with E-state index < -0.39 is 42.3 Å². The number of carbonyl (C=O) groups excluding carboxylic acids is 2. The van der Waals surface area contributed by atoms with Crippen molar-refractivity contribution in [2.24, 2.45) is 5.41 Å². The van der Waals surface area contributed by atoms with Crippen LogP contribution in [0, 0.1) is 5.41 Å². The first kappa shape index (κ1) is 48.2. The Kier molecular flexibility index (Phi) is 20.1. The summed E-state index contributed by atoms with van der Waals surface area (Å²) in [7, 11) is 0. The molecule has 0 spiro atoms. The number of aliphatic hydroxyl groups excluding tert-OH is 3. The van der Waals surface area contributed by atoms with Gasteiger partial charge in [-0.3, -0.25) is 9.59 Å². The van der Waals surface area contributed by atoms with Crippen LogP contribution in [0.25, 0.3) is 0 Å². The van der Waals surface area contributed by atoms with Crippen LogP contribution in [0.15, 0.2) is 130 Å². The van der Waals surface area contributed by atoms with E-state index in [4.69, 9.17) is 14.2 Å². The van der Waals surface area contributed by atoms with Crippen molar-refractivity contribution in [1.29, 1.82) is 0 Å². The molecular weight excluding hydrogens is 705 g/mol. The molecule has 0 radical (unpaired) electrons. The summed E-state index contributed by atoms with van der Waals surface area (Å²) in [5.74, 6) is -0.279. The molecule has 56 heavy (non-hydrogen) atoms. The molecule has 1 aliphatic heterocycles. The average molecular weight is 773 g/mol. The molecule has 1 heterocycles. The van der Waals surface area contributed by atoms with Crippen molar-refractivity contribution >= 4 is 11.8 Å². The fourth-order valence-electron chi connectivity index (χ4n) is 6.28. The van der Waals surface area contributed by atoms with Crippen molar-refractivity contribution in [1.82, 2.24) is 0 Å². The summed E-state index contributed by atoms with van der Waals surface area (Å²) in [5, 5.41) is 30.9. The third kappa shape index (κ3) is 17.5. The first-order valence-corrected chi connectivity index (χ1v) is 19.7. The van der Waals surface area contributed by atoms with Gasteiger partial charge in [-0.05, 0) is 97.6 Å². The Morgan fingerprint density at radius 3 is 1.86 bits per heavy atom. The molecule has 1 aliphatic carbocycles. The Labute approximate surface area is 336 Å². The molecule has 2 rings (SSSR count). The maximum atomic E-state index is 12.2. The first-order valence-electron chi connectivity index (χ1n) is 19.7. The zero-order valence-corrected chi connectivity index (χ0v) is 35.7. The van der Waals surface area contributed by atoms with Gasteiger partial charge < -0.3 is 29.5 Å². The standard InChI is InChI=1S/C48H68O8/c1-33(18-12-13-19-34(2)21-16-25-37(5)27-28-40-38(6)41(50)29-31-47(40,8)9)20-14-22-35(3)23-15-24-36(4)26-17-30-48(10,11)56-46-45(53)44(52)43(51)42(55-46)32-54-39(7)49/h12-16,18-25,27-28,42-46,51-53H,17,26,29-32H2,1-11H3/b13-12+,20-14+,21-16+,23-15+,28-27+,33-18+,34-19+,35-22+,36-24+,37-25+/t42-,43-,44+,45-,46+/m1/s1. The van der Waals surface area contributed by atoms with Gasteiger partial charge in [0.15, 0.2) is 12.1 Å². The molecule has 0 unspecified atom stereocenters. The van der Waals surface area contributed by atoms with Gasteiger partial charge >= 0.3 is 5.97 Å². The lowest BCUT2D eigenvalue weighted by molar-refractivity contribution is -0.324. The van der Waals surface area contributed by atoms with Crippen molar-refractivity contribution in [3.05, 3.63) is 130 Å². The first-order chi connectivity index (χ1) is 26.2. The fraction of sp³-hybridized carbons (Fsp3) is 0.500. The Balaban J connectivity index is 1.80. The summed E-state index contributed by atoms with van der Waals surface area (Å²) in [6, 6.07) is 0. The molecule has 2 aliphatic rings. The van der Waals surface area contributed by atoms with Gasteiger partial charge in [0.05, 0.1) is 5.60 Å². The van der Waals surface area contributed by atoms with Crippen LogP contribution in [0.4, 0.5) is 0 Å². The lowest BCUT2D eigenvalue weighted by Crippen LogP contribution is -2.60. The number of hydrogen-bond acceptors (Lipinski definition) is 8. The Bertz CT molecular complexity index is 1680. The second kappa shape index (κ2) is 23.3. The van der Waals surface area contributed by atoms with Crippen LogP contribution in [0.1, 0.15) is 108 Å². The molecule has 1 fully saturated rings. The van der Waals surface area contributed by atoms with Crippen molar-refractivity contribution in [3.63, 3.8) is 0 Å². The summed E-state index contributed by atoms with van der Waals surface area (Å²) < 4.78 is 16.6. The highest BCUT2D eigenvalue weighted by Crippen LogP contribution is 2.39. The molecule has 0 bridgehead atoms. The maximum absolute atomic E-state index is 12.2. The Morgan fingerprint density at radius 2 is 1.30 bits per heavy atom. The fourth-order valence-corrected chi connectivity index (χ4v) is 6.28. The predicted molar refractivity (Wildman–Crippen MR) is 228 cm³/mol. The van der Waals surface area contributed by atoms with Crippen LogP contribution >= 0.6 is 0 Å². The van der Waals surface area contributed by atoms with E-state index in [2.05, 4.69) is 115 Å². The van der Waals surface area contributed by atoms with Crippen molar-refractivity contribution in [2.75, 3.05) is 6.61 Å². The number of allylic oxidation sites excluding steroid dienone is 22. The highest BCUT2D eigenvalue weighted by Gasteiger charge is 2.46. The van der Waals surface area contributed by atoms with Gasteiger partial charge in [0.1, 0.15) is 31.0 Å². The summed E-state index contributed by atoms with van der Waals surface area (Å²) in [6.07, 6.45) is 28.4. The van der Waals surface area contributed by atoms with E-state index in [9.17, 15) is 24.9 Å². The van der Waals surface area contributed by atoms with E-state index >= 15 is 0 Å². The summed E-state index contributed by atoms with van der Waals surface area (Å²) >= 11 is 0. The number of Topliss-reactive ketones (excluding diaryl/α,β-unsaturated/α-hetero) is 1. The van der Waals surface area contributed by atoms with E-state index in [1.165, 1.54) is 12.5 Å². The highest BCUT2D eigenvalue weighted by atomic mass is 16.7. The summed E-state index contributed by atoms with van der Waals surface area (Å²) in [5.41, 5.74) is 7.12. The van der Waals surface area contributed by atoms with Crippen LogP contribution in [0.3, 0.4) is 0 Å². The molecule has 0 aromatic heterocycles. The molecule has 3 N–H and O–H groups in total. The molecule has 0 amide bonds. The van der Waals surface area contributed by atoms with E-state index in [0.717, 1.165) is 52.7 Å². The van der Waals surface area contributed by atoms with E-state index in [-0.39, 0.29) is 17.8 Å². The zero-order valence-electron chi connectivity index (χ0n) is 35.7. The van der Waals surface area contributed by atoms with Crippen LogP contribution < -0.4 is 0 Å². The minimum Gasteiger partial charge on any atom is -0.463 e. The average Bonchev–Trinajstić information content (AvgIpc) is 3.11. The van der Waals surface area contributed by atoms with E-state index in [0.29, 0.717) is 12.8 Å². The Morgan fingerprint density at radius 1 is 0.786 bits per heavy atom. The minimum atomic E-state index is -1.49. The van der Waals surface area contributed by atoms with Crippen LogP contribution in [-0.2, 0) is 23.8 Å². The predicted octanol–water partition coefficient (Wildman–Crippen LogP) is 9.54. The van der Waals surface area contributed by atoms with Crippen LogP contribution in [0.2, 0.25) is 0 Å². The number of esters is 1. The number of ketones is 1. The van der Waals surface area contributed by atoms with Gasteiger partial charge in [0.2, 0.25) is 0 Å². The lowest BCUT2D eigenvalue weighted by Gasteiger charge is -2.42. The van der Waals surface area contributed by atoms with Crippen LogP contribution in [-0.4, -0.2) is 70.0 Å². The van der Waals surface area contributed by atoms with Crippen molar-refractivity contribution in [2.45, 2.75) is 145 Å². The zero-order chi connectivity index (χ0) is 42.1. The number of hydrogen-bond donors (Lipinski definition) is 3. The highest BCUT2D eigenvalue weighted by molar-refractivity contribution is 5.97. The molecule has 0 aromatic carbocycles. The molecule has 5 atom stereocenters. The molecule has 1 saturated heterocycles. The quantitative estimate of drug-likeness (QED) is 0.0931. The smallest absolute Gasteiger partial charge is 0.302 e. The topological polar surface area (TPSA) is 123 Å². The molecule has 308 valence electrons. The number of ether oxygens (including phenoxy) is 3. The van der Waals surface area contributed by atoms with Gasteiger partial charge in [0, 0.05) is 13.3 Å². The number of aliphatic hydroxyl groups is 3. The molecule has 8 nitrogen and oxygen atoms in total. The van der Waals surface area contributed by atoms with Gasteiger partial charge in [-0.25, -0.2) is 0 Å². The maximum Gasteiger partial charge on any atom is 0.302 e. The number of rotatable bonds is 18. The second-order valence-electron chi connectivity index (χ2n) is 16.3. The van der Waals surface area contributed by atoms with Gasteiger partial charge in [-0.15, -0.1) is 0 Å². The van der Waals surface area contributed by atoms with Gasteiger partial charge in [0.25, 0.3) is 0 Å². The SMILES string of the molecule is CC(=O)OC[C@H]1O[C@@H](OC(C)(C)CCC/C(C)=C/C=C/C(C)=C/C=C/C(C)=C/C=C/C=C(C)/C=C/C=C(C)/C=C/C2=C(C)C(=O)CCC2(C)C)[C@H](O)[C@@H](O)[C@@H]1O. The molecular formula is C48H68O8. The molecule has 8 heteroatoms. The monoisotopic (exact) mass is 772 g/mol. The van der Waals surface area contributed by atoms with E-state index in [1.54, 1.807) is 0 Å². The van der Waals surface area contributed by atoms with E-state index in [1.807, 2.05) is 45.1 Å². The third-order valence-electron chi connectivity index (χ3n) is 9.95. The van der Waals surface area contributed by atoms with Gasteiger partial charge in [-0.2, -0.15) is 0 Å². The minimum absolute atomic E-state index is 0.0212. The molecule has 0 aromatic rings.